The maximum Gasteiger partial charge on any atom is 0.261 e. The summed E-state index contributed by atoms with van der Waals surface area (Å²) in [6.07, 6.45) is 3.86. The van der Waals surface area contributed by atoms with Gasteiger partial charge in [0.05, 0.1) is 4.88 Å². The van der Waals surface area contributed by atoms with E-state index in [1.54, 1.807) is 0 Å². The van der Waals surface area contributed by atoms with E-state index in [1.165, 1.54) is 30.6 Å². The van der Waals surface area contributed by atoms with Crippen LogP contribution in [0, 0.1) is 16.7 Å². The van der Waals surface area contributed by atoms with Gasteiger partial charge in [0.1, 0.15) is 0 Å². The molecular weight excluding hydrogens is 242 g/mol. The Morgan fingerprint density at radius 3 is 2.78 bits per heavy atom. The van der Waals surface area contributed by atoms with Crippen molar-refractivity contribution in [3.05, 3.63) is 22.4 Å². The lowest BCUT2D eigenvalue weighted by molar-refractivity contribution is 0.0741. The van der Waals surface area contributed by atoms with Crippen molar-refractivity contribution in [2.24, 2.45) is 16.7 Å². The lowest BCUT2D eigenvalue weighted by Gasteiger charge is -2.43. The summed E-state index contributed by atoms with van der Waals surface area (Å²) in [5.74, 6) is 0.882. The van der Waals surface area contributed by atoms with Crippen LogP contribution in [-0.4, -0.2) is 11.9 Å². The Labute approximate surface area is 113 Å². The lowest BCUT2D eigenvalue weighted by atomic mass is 9.68. The number of carbonyl (C=O) groups excluding carboxylic acids is 1. The van der Waals surface area contributed by atoms with E-state index in [4.69, 9.17) is 0 Å². The van der Waals surface area contributed by atoms with Crippen molar-refractivity contribution in [3.63, 3.8) is 0 Å². The number of hydrogen-bond donors (Lipinski definition) is 1. The molecule has 0 radical (unpaired) electrons. The van der Waals surface area contributed by atoms with Crippen LogP contribution in [0.15, 0.2) is 17.5 Å². The third-order valence-electron chi connectivity index (χ3n) is 5.29. The number of thiophene rings is 1. The van der Waals surface area contributed by atoms with Crippen LogP contribution < -0.4 is 5.32 Å². The predicted molar refractivity (Wildman–Crippen MR) is 74.8 cm³/mol. The molecule has 1 heterocycles. The summed E-state index contributed by atoms with van der Waals surface area (Å²) in [4.78, 5) is 13.1. The van der Waals surface area contributed by atoms with E-state index in [1.807, 2.05) is 17.5 Å². The van der Waals surface area contributed by atoms with E-state index >= 15 is 0 Å². The molecule has 3 atom stereocenters. The van der Waals surface area contributed by atoms with Crippen LogP contribution in [0.2, 0.25) is 0 Å². The van der Waals surface area contributed by atoms with Gasteiger partial charge in [0.25, 0.3) is 5.91 Å². The first kappa shape index (κ1) is 12.2. The molecule has 18 heavy (non-hydrogen) atoms. The smallest absolute Gasteiger partial charge is 0.261 e. The molecular formula is C15H21NOS. The Hall–Kier alpha value is -0.830. The second kappa shape index (κ2) is 3.83. The Kier molecular flexibility index (Phi) is 2.60. The first-order valence-corrected chi connectivity index (χ1v) is 7.66. The summed E-state index contributed by atoms with van der Waals surface area (Å²) < 4.78 is 0. The Balaban J connectivity index is 1.82. The molecule has 3 heteroatoms. The summed E-state index contributed by atoms with van der Waals surface area (Å²) >= 11 is 1.52. The molecule has 0 spiro atoms. The predicted octanol–water partition coefficient (Wildman–Crippen LogP) is 3.69. The second-order valence-corrected chi connectivity index (χ2v) is 7.75. The van der Waals surface area contributed by atoms with E-state index in [9.17, 15) is 4.79 Å². The molecule has 2 bridgehead atoms. The molecule has 1 aromatic rings. The van der Waals surface area contributed by atoms with Gasteiger partial charge in [-0.15, -0.1) is 11.3 Å². The van der Waals surface area contributed by atoms with E-state index in [-0.39, 0.29) is 11.3 Å². The van der Waals surface area contributed by atoms with Crippen LogP contribution >= 0.6 is 11.3 Å². The first-order valence-electron chi connectivity index (χ1n) is 6.78. The molecule has 0 aromatic carbocycles. The third-order valence-corrected chi connectivity index (χ3v) is 6.16. The fourth-order valence-electron chi connectivity index (χ4n) is 4.27. The topological polar surface area (TPSA) is 29.1 Å². The number of nitrogens with one attached hydrogen (secondary N) is 1. The zero-order valence-corrected chi connectivity index (χ0v) is 12.1. The van der Waals surface area contributed by atoms with Crippen LogP contribution in [-0.2, 0) is 0 Å². The number of hydrogen-bond acceptors (Lipinski definition) is 2. The van der Waals surface area contributed by atoms with Crippen LogP contribution in [0.4, 0.5) is 0 Å². The molecule has 2 saturated carbocycles. The lowest BCUT2D eigenvalue weighted by Crippen LogP contribution is -2.52. The molecule has 2 aliphatic carbocycles. The van der Waals surface area contributed by atoms with Gasteiger partial charge in [-0.05, 0) is 47.5 Å². The summed E-state index contributed by atoms with van der Waals surface area (Å²) in [6.45, 7) is 6.99. The number of amides is 1. The monoisotopic (exact) mass is 263 g/mol. The number of carbonyl (C=O) groups is 1. The highest BCUT2D eigenvalue weighted by molar-refractivity contribution is 7.12. The summed E-state index contributed by atoms with van der Waals surface area (Å²) in [5.41, 5.74) is 0.543. The van der Waals surface area contributed by atoms with E-state index in [0.717, 1.165) is 10.8 Å². The molecule has 0 unspecified atom stereocenters. The molecule has 0 saturated heterocycles. The largest absolute Gasteiger partial charge is 0.348 e. The first-order chi connectivity index (χ1) is 8.43. The molecule has 3 rings (SSSR count). The average Bonchev–Trinajstić information content (AvgIpc) is 2.96. The van der Waals surface area contributed by atoms with Gasteiger partial charge in [0, 0.05) is 6.04 Å². The minimum atomic E-state index is 0.108. The summed E-state index contributed by atoms with van der Waals surface area (Å²) in [7, 11) is 0. The van der Waals surface area contributed by atoms with Gasteiger partial charge in [-0.25, -0.2) is 0 Å². The molecule has 1 N–H and O–H groups in total. The maximum absolute atomic E-state index is 12.3. The van der Waals surface area contributed by atoms with Gasteiger partial charge < -0.3 is 5.32 Å². The molecule has 2 aliphatic rings. The number of rotatable bonds is 2. The second-order valence-electron chi connectivity index (χ2n) is 6.80. The maximum atomic E-state index is 12.3. The zero-order chi connectivity index (χ0) is 13.0. The Morgan fingerprint density at radius 1 is 1.44 bits per heavy atom. The van der Waals surface area contributed by atoms with Crippen molar-refractivity contribution in [2.45, 2.75) is 46.1 Å². The van der Waals surface area contributed by atoms with Crippen molar-refractivity contribution in [1.82, 2.24) is 5.32 Å². The fraction of sp³-hybridized carbons (Fsp3) is 0.667. The van der Waals surface area contributed by atoms with Gasteiger partial charge in [-0.3, -0.25) is 4.79 Å². The van der Waals surface area contributed by atoms with Crippen LogP contribution in [0.3, 0.4) is 0 Å². The average molecular weight is 263 g/mol. The van der Waals surface area contributed by atoms with Crippen LogP contribution in [0.1, 0.15) is 49.7 Å². The number of fused-ring (bicyclic) bond motifs is 2. The highest BCUT2D eigenvalue weighted by atomic mass is 32.1. The van der Waals surface area contributed by atoms with Gasteiger partial charge in [-0.1, -0.05) is 26.8 Å². The van der Waals surface area contributed by atoms with Crippen LogP contribution in [0.5, 0.6) is 0 Å². The van der Waals surface area contributed by atoms with Gasteiger partial charge in [0.15, 0.2) is 0 Å². The van der Waals surface area contributed by atoms with Gasteiger partial charge in [0.2, 0.25) is 0 Å². The standard InChI is InChI=1S/C15H21NOS/c1-14(2)10-6-7-15(3,9-10)13(14)16-12(17)11-5-4-8-18-11/h4-5,8,10,13H,6-7,9H2,1-3H3,(H,16,17)/t10-,13-,15-/m1/s1. The quantitative estimate of drug-likeness (QED) is 0.866. The summed E-state index contributed by atoms with van der Waals surface area (Å²) in [5, 5.41) is 5.28. The summed E-state index contributed by atoms with van der Waals surface area (Å²) in [6, 6.07) is 4.16. The molecule has 98 valence electrons. The Morgan fingerprint density at radius 2 is 2.22 bits per heavy atom. The molecule has 1 aromatic heterocycles. The van der Waals surface area contributed by atoms with Crippen molar-refractivity contribution in [1.29, 1.82) is 0 Å². The highest BCUT2D eigenvalue weighted by Gasteiger charge is 2.59. The molecule has 2 nitrogen and oxygen atoms in total. The fourth-order valence-corrected chi connectivity index (χ4v) is 4.90. The van der Waals surface area contributed by atoms with E-state index in [0.29, 0.717) is 11.5 Å². The zero-order valence-electron chi connectivity index (χ0n) is 11.3. The molecule has 0 aliphatic heterocycles. The van der Waals surface area contributed by atoms with E-state index < -0.39 is 0 Å². The van der Waals surface area contributed by atoms with Gasteiger partial charge >= 0.3 is 0 Å². The van der Waals surface area contributed by atoms with Crippen LogP contribution in [0.25, 0.3) is 0 Å². The van der Waals surface area contributed by atoms with Crippen molar-refractivity contribution >= 4 is 17.2 Å². The highest BCUT2D eigenvalue weighted by Crippen LogP contribution is 2.62. The van der Waals surface area contributed by atoms with Crippen molar-refractivity contribution < 1.29 is 4.79 Å². The minimum Gasteiger partial charge on any atom is -0.348 e. The molecule has 1 amide bonds. The Bertz CT molecular complexity index is 460. The normalized spacial score (nSPS) is 36.8. The van der Waals surface area contributed by atoms with E-state index in [2.05, 4.69) is 26.1 Å². The van der Waals surface area contributed by atoms with Crippen molar-refractivity contribution in [3.8, 4) is 0 Å². The van der Waals surface area contributed by atoms with Crippen molar-refractivity contribution in [2.75, 3.05) is 0 Å². The third kappa shape index (κ3) is 1.63. The van der Waals surface area contributed by atoms with Gasteiger partial charge in [-0.2, -0.15) is 0 Å². The minimum absolute atomic E-state index is 0.108. The SMILES string of the molecule is CC1(C)[C@@H]2CC[C@](C)(C2)[C@@H]1NC(=O)c1cccs1. The molecule has 2 fully saturated rings.